The Morgan fingerprint density at radius 3 is 2.46 bits per heavy atom. The van der Waals surface area contributed by atoms with Gasteiger partial charge in [-0.1, -0.05) is 26.0 Å². The van der Waals surface area contributed by atoms with Crippen LogP contribution in [0.15, 0.2) is 48.7 Å². The monoisotopic (exact) mass is 349 g/mol. The molecule has 3 aromatic rings. The average Bonchev–Trinajstić information content (AvgIpc) is 2.75. The Morgan fingerprint density at radius 2 is 1.77 bits per heavy atom. The summed E-state index contributed by atoms with van der Waals surface area (Å²) >= 11 is 0. The maximum Gasteiger partial charge on any atom is 0.138 e. The lowest BCUT2D eigenvalue weighted by molar-refractivity contribution is 0.586. The number of aromatic nitrogens is 2. The maximum atomic E-state index is 4.99. The van der Waals surface area contributed by atoms with E-state index in [0.29, 0.717) is 0 Å². The van der Waals surface area contributed by atoms with Crippen LogP contribution in [0.5, 0.6) is 0 Å². The Hall–Kier alpha value is -2.66. The van der Waals surface area contributed by atoms with Crippen molar-refractivity contribution in [3.05, 3.63) is 48.7 Å². The third-order valence-electron chi connectivity index (χ3n) is 4.47. The van der Waals surface area contributed by atoms with Crippen molar-refractivity contribution in [1.82, 2.24) is 15.3 Å². The van der Waals surface area contributed by atoms with E-state index in [4.69, 9.17) is 4.98 Å². The Morgan fingerprint density at radius 1 is 1.04 bits per heavy atom. The Balaban J connectivity index is 0.000000948. The third-order valence-corrected chi connectivity index (χ3v) is 4.47. The predicted octanol–water partition coefficient (Wildman–Crippen LogP) is 3.77. The summed E-state index contributed by atoms with van der Waals surface area (Å²) in [5.41, 5.74) is 4.17. The fourth-order valence-corrected chi connectivity index (χ4v) is 3.13. The minimum atomic E-state index is 0.970. The van der Waals surface area contributed by atoms with E-state index in [1.807, 2.05) is 33.2 Å². The van der Waals surface area contributed by atoms with Gasteiger partial charge in [-0.2, -0.15) is 0 Å². The Labute approximate surface area is 155 Å². The zero-order valence-electron chi connectivity index (χ0n) is 15.8. The highest BCUT2D eigenvalue weighted by Crippen LogP contribution is 2.29. The van der Waals surface area contributed by atoms with Gasteiger partial charge in [-0.3, -0.25) is 4.98 Å². The van der Waals surface area contributed by atoms with E-state index >= 15 is 0 Å². The van der Waals surface area contributed by atoms with Gasteiger partial charge in [0.05, 0.1) is 11.2 Å². The second-order valence-electron chi connectivity index (χ2n) is 5.97. The molecule has 5 nitrogen and oxygen atoms in total. The number of piperazine rings is 1. The first-order valence-electron chi connectivity index (χ1n) is 9.35. The van der Waals surface area contributed by atoms with Gasteiger partial charge in [0.2, 0.25) is 0 Å². The van der Waals surface area contributed by atoms with Crippen LogP contribution in [0.25, 0.3) is 22.2 Å². The first-order chi connectivity index (χ1) is 12.8. The van der Waals surface area contributed by atoms with Crippen molar-refractivity contribution in [3.8, 4) is 11.3 Å². The Kier molecular flexibility index (Phi) is 6.02. The molecule has 2 aromatic heterocycles. The van der Waals surface area contributed by atoms with Crippen LogP contribution < -0.4 is 15.5 Å². The van der Waals surface area contributed by atoms with Crippen molar-refractivity contribution in [3.63, 3.8) is 0 Å². The van der Waals surface area contributed by atoms with Gasteiger partial charge in [0, 0.05) is 56.1 Å². The summed E-state index contributed by atoms with van der Waals surface area (Å²) < 4.78 is 0. The molecular weight excluding hydrogens is 322 g/mol. The van der Waals surface area contributed by atoms with Crippen molar-refractivity contribution in [2.24, 2.45) is 0 Å². The molecule has 2 N–H and O–H groups in total. The second kappa shape index (κ2) is 8.63. The summed E-state index contributed by atoms with van der Waals surface area (Å²) in [5.74, 6) is 1.04. The van der Waals surface area contributed by atoms with Gasteiger partial charge < -0.3 is 15.5 Å². The fraction of sp³-hybridized carbons (Fsp3) is 0.333. The van der Waals surface area contributed by atoms with E-state index in [0.717, 1.165) is 59.8 Å². The normalized spacial score (nSPS) is 13.9. The van der Waals surface area contributed by atoms with E-state index < -0.39 is 0 Å². The summed E-state index contributed by atoms with van der Waals surface area (Å²) in [5, 5.41) is 7.67. The zero-order chi connectivity index (χ0) is 18.4. The number of hydrogen-bond acceptors (Lipinski definition) is 5. The number of nitrogens with zero attached hydrogens (tertiary/aromatic N) is 3. The van der Waals surface area contributed by atoms with Crippen LogP contribution in [0.1, 0.15) is 13.8 Å². The van der Waals surface area contributed by atoms with Crippen molar-refractivity contribution < 1.29 is 0 Å². The van der Waals surface area contributed by atoms with E-state index in [1.165, 1.54) is 0 Å². The highest BCUT2D eigenvalue weighted by atomic mass is 15.2. The molecule has 0 aliphatic carbocycles. The van der Waals surface area contributed by atoms with Gasteiger partial charge in [0.15, 0.2) is 0 Å². The highest BCUT2D eigenvalue weighted by Gasteiger charge is 2.16. The molecule has 0 atom stereocenters. The van der Waals surface area contributed by atoms with Crippen LogP contribution in [0.4, 0.5) is 11.5 Å². The second-order valence-corrected chi connectivity index (χ2v) is 5.97. The SMILES string of the molecule is CC.CNc1ccc(-c2cc3ncccc3c(N3CCNCC3)n2)cc1. The molecule has 4 rings (SSSR count). The minimum Gasteiger partial charge on any atom is -0.388 e. The summed E-state index contributed by atoms with van der Waals surface area (Å²) in [6, 6.07) is 14.5. The lowest BCUT2D eigenvalue weighted by atomic mass is 10.1. The fourth-order valence-electron chi connectivity index (χ4n) is 3.13. The van der Waals surface area contributed by atoms with Crippen molar-refractivity contribution in [2.45, 2.75) is 13.8 Å². The quantitative estimate of drug-likeness (QED) is 0.754. The summed E-state index contributed by atoms with van der Waals surface area (Å²) in [6.07, 6.45) is 1.84. The molecular formula is C21H27N5. The number of benzene rings is 1. The van der Waals surface area contributed by atoms with Crippen molar-refractivity contribution in [2.75, 3.05) is 43.4 Å². The predicted molar refractivity (Wildman–Crippen MR) is 111 cm³/mol. The number of rotatable bonds is 3. The minimum absolute atomic E-state index is 0.970. The molecule has 0 bridgehead atoms. The molecule has 1 aliphatic rings. The molecule has 1 aromatic carbocycles. The first kappa shape index (κ1) is 18.1. The van der Waals surface area contributed by atoms with E-state index in [1.54, 1.807) is 0 Å². The van der Waals surface area contributed by atoms with Crippen LogP contribution >= 0.6 is 0 Å². The lowest BCUT2D eigenvalue weighted by Gasteiger charge is -2.29. The molecule has 0 unspecified atom stereocenters. The van der Waals surface area contributed by atoms with Crippen LogP contribution in [0, 0.1) is 0 Å². The number of nitrogens with one attached hydrogen (secondary N) is 2. The molecule has 1 fully saturated rings. The molecule has 0 saturated carbocycles. The zero-order valence-corrected chi connectivity index (χ0v) is 15.8. The molecule has 0 amide bonds. The molecule has 0 spiro atoms. The number of fused-ring (bicyclic) bond motifs is 1. The van der Waals surface area contributed by atoms with Crippen molar-refractivity contribution >= 4 is 22.4 Å². The van der Waals surface area contributed by atoms with Gasteiger partial charge in [-0.15, -0.1) is 0 Å². The van der Waals surface area contributed by atoms with Crippen LogP contribution in [0.3, 0.4) is 0 Å². The van der Waals surface area contributed by atoms with Crippen molar-refractivity contribution in [1.29, 1.82) is 0 Å². The largest absolute Gasteiger partial charge is 0.388 e. The van der Waals surface area contributed by atoms with E-state index in [9.17, 15) is 0 Å². The van der Waals surface area contributed by atoms with E-state index in [2.05, 4.69) is 56.9 Å². The van der Waals surface area contributed by atoms with Crippen LogP contribution in [-0.2, 0) is 0 Å². The lowest BCUT2D eigenvalue weighted by Crippen LogP contribution is -2.44. The highest BCUT2D eigenvalue weighted by molar-refractivity contribution is 5.92. The number of hydrogen-bond donors (Lipinski definition) is 2. The van der Waals surface area contributed by atoms with Gasteiger partial charge >= 0.3 is 0 Å². The summed E-state index contributed by atoms with van der Waals surface area (Å²) in [7, 11) is 1.93. The number of anilines is 2. The Bertz CT molecular complexity index is 839. The van der Waals surface area contributed by atoms with E-state index in [-0.39, 0.29) is 0 Å². The van der Waals surface area contributed by atoms with Gasteiger partial charge in [-0.25, -0.2) is 4.98 Å². The molecule has 26 heavy (non-hydrogen) atoms. The number of pyridine rings is 2. The molecule has 3 heterocycles. The molecule has 1 saturated heterocycles. The molecule has 5 heteroatoms. The summed E-state index contributed by atoms with van der Waals surface area (Å²) in [4.78, 5) is 11.9. The first-order valence-corrected chi connectivity index (χ1v) is 9.35. The third kappa shape index (κ3) is 3.78. The smallest absolute Gasteiger partial charge is 0.138 e. The standard InChI is InChI=1S/C19H21N5.C2H6/c1-20-15-6-4-14(5-7-15)17-13-18-16(3-2-8-22-18)19(23-17)24-11-9-21-10-12-24;1-2/h2-8,13,20-21H,9-12H2,1H3;1-2H3. The van der Waals surface area contributed by atoms with Crippen LogP contribution in [0.2, 0.25) is 0 Å². The van der Waals surface area contributed by atoms with Gasteiger partial charge in [0.25, 0.3) is 0 Å². The maximum absolute atomic E-state index is 4.99. The molecule has 0 radical (unpaired) electrons. The molecule has 1 aliphatic heterocycles. The topological polar surface area (TPSA) is 53.1 Å². The summed E-state index contributed by atoms with van der Waals surface area (Å²) in [6.45, 7) is 7.92. The average molecular weight is 349 g/mol. The van der Waals surface area contributed by atoms with Gasteiger partial charge in [-0.05, 0) is 30.3 Å². The molecule has 136 valence electrons. The van der Waals surface area contributed by atoms with Gasteiger partial charge in [0.1, 0.15) is 5.82 Å². The van der Waals surface area contributed by atoms with Crippen LogP contribution in [-0.4, -0.2) is 43.2 Å².